The number of carbonyl (C=O) groups is 2. The minimum atomic E-state index is -0.936. The normalized spacial score (nSPS) is 17.0. The van der Waals surface area contributed by atoms with E-state index in [1.54, 1.807) is 17.2 Å². The molecule has 1 atom stereocenters. The maximum Gasteiger partial charge on any atom is 0.230 e. The van der Waals surface area contributed by atoms with E-state index in [9.17, 15) is 9.59 Å². The molecular weight excluding hydrogens is 294 g/mol. The lowest BCUT2D eigenvalue weighted by atomic mass is 9.95. The number of rotatable bonds is 5. The van der Waals surface area contributed by atoms with Crippen molar-refractivity contribution in [1.82, 2.24) is 4.98 Å². The van der Waals surface area contributed by atoms with Gasteiger partial charge in [-0.2, -0.15) is 0 Å². The molecule has 0 bridgehead atoms. The highest BCUT2D eigenvalue weighted by molar-refractivity contribution is 6.13. The van der Waals surface area contributed by atoms with Crippen LogP contribution in [0.5, 0.6) is 0 Å². The van der Waals surface area contributed by atoms with Crippen LogP contribution in [0.4, 0.5) is 5.69 Å². The maximum atomic E-state index is 12.3. The molecule has 1 aromatic carbocycles. The number of nitrogens with zero attached hydrogens (tertiary/aromatic N) is 2. The third kappa shape index (κ3) is 3.22. The molecule has 118 valence electrons. The number of ketones is 1. The lowest BCUT2D eigenvalue weighted by Crippen LogP contribution is -2.45. The van der Waals surface area contributed by atoms with Gasteiger partial charge in [-0.15, -0.1) is 0 Å². The number of hydroxylamine groups is 1. The van der Waals surface area contributed by atoms with Crippen LogP contribution in [0.1, 0.15) is 16.1 Å². The molecule has 1 aromatic heterocycles. The van der Waals surface area contributed by atoms with E-state index in [0.29, 0.717) is 12.3 Å². The molecule has 23 heavy (non-hydrogen) atoms. The number of amides is 1. The number of pyridine rings is 1. The summed E-state index contributed by atoms with van der Waals surface area (Å²) >= 11 is 0. The second-order valence-corrected chi connectivity index (χ2v) is 5.32. The van der Waals surface area contributed by atoms with E-state index in [1.165, 1.54) is 6.20 Å². The molecule has 0 fully saturated rings. The van der Waals surface area contributed by atoms with E-state index in [4.69, 9.17) is 10.6 Å². The summed E-state index contributed by atoms with van der Waals surface area (Å²) in [4.78, 5) is 33.6. The molecule has 3 rings (SSSR count). The number of hydrogen-bond donors (Lipinski definition) is 1. The van der Waals surface area contributed by atoms with Crippen molar-refractivity contribution in [3.63, 3.8) is 0 Å². The fraction of sp³-hybridized carbons (Fsp3) is 0.235. The summed E-state index contributed by atoms with van der Waals surface area (Å²) < 4.78 is 0. The Morgan fingerprint density at radius 3 is 2.78 bits per heavy atom. The monoisotopic (exact) mass is 311 g/mol. The van der Waals surface area contributed by atoms with Gasteiger partial charge in [0.05, 0.1) is 18.8 Å². The summed E-state index contributed by atoms with van der Waals surface area (Å²) in [7, 11) is 0. The highest BCUT2D eigenvalue weighted by atomic mass is 16.7. The molecule has 1 amide bonds. The van der Waals surface area contributed by atoms with Gasteiger partial charge in [0.25, 0.3) is 0 Å². The van der Waals surface area contributed by atoms with Gasteiger partial charge in [-0.1, -0.05) is 30.3 Å². The Balaban J connectivity index is 1.74. The van der Waals surface area contributed by atoms with Crippen LogP contribution in [0.3, 0.4) is 0 Å². The molecule has 1 aliphatic rings. The van der Waals surface area contributed by atoms with Gasteiger partial charge in [0.15, 0.2) is 5.78 Å². The van der Waals surface area contributed by atoms with Gasteiger partial charge >= 0.3 is 0 Å². The van der Waals surface area contributed by atoms with E-state index in [2.05, 4.69) is 4.98 Å². The fourth-order valence-corrected chi connectivity index (χ4v) is 2.56. The fourth-order valence-electron chi connectivity index (χ4n) is 2.56. The molecular formula is C17H17N3O3. The Morgan fingerprint density at radius 2 is 2.04 bits per heavy atom. The zero-order valence-electron chi connectivity index (χ0n) is 12.5. The van der Waals surface area contributed by atoms with Crippen molar-refractivity contribution in [3.05, 3.63) is 59.9 Å². The summed E-state index contributed by atoms with van der Waals surface area (Å²) in [6.45, 7) is 0.541. The SMILES string of the molecule is NC(=O)C1CN(OCCc2ccccc2)c2cccnc2C1=O. The number of aromatic nitrogens is 1. The second kappa shape index (κ2) is 6.58. The smallest absolute Gasteiger partial charge is 0.230 e. The quantitative estimate of drug-likeness (QED) is 0.843. The highest BCUT2D eigenvalue weighted by Crippen LogP contribution is 2.28. The second-order valence-electron chi connectivity index (χ2n) is 5.32. The molecule has 0 saturated heterocycles. The third-order valence-corrected chi connectivity index (χ3v) is 3.78. The molecule has 0 radical (unpaired) electrons. The van der Waals surface area contributed by atoms with Crippen molar-refractivity contribution in [2.75, 3.05) is 18.2 Å². The first kappa shape index (κ1) is 15.2. The van der Waals surface area contributed by atoms with Gasteiger partial charge < -0.3 is 5.73 Å². The molecule has 0 aliphatic carbocycles. The standard InChI is InChI=1S/C17H17N3O3/c18-17(22)13-11-20(14-7-4-9-19-15(14)16(13)21)23-10-8-12-5-2-1-3-6-12/h1-7,9,13H,8,10-11H2,(H2,18,22). The van der Waals surface area contributed by atoms with Crippen LogP contribution in [0.15, 0.2) is 48.7 Å². The first-order valence-corrected chi connectivity index (χ1v) is 7.39. The topological polar surface area (TPSA) is 85.5 Å². The summed E-state index contributed by atoms with van der Waals surface area (Å²) in [5.74, 6) is -1.95. The number of hydrogen-bond acceptors (Lipinski definition) is 5. The summed E-state index contributed by atoms with van der Waals surface area (Å²) in [6, 6.07) is 13.4. The van der Waals surface area contributed by atoms with Crippen LogP contribution in [-0.4, -0.2) is 29.8 Å². The van der Waals surface area contributed by atoms with Crippen molar-refractivity contribution >= 4 is 17.4 Å². The average molecular weight is 311 g/mol. The van der Waals surface area contributed by atoms with Gasteiger partial charge in [0, 0.05) is 6.20 Å². The molecule has 1 unspecified atom stereocenters. The molecule has 6 heteroatoms. The molecule has 2 N–H and O–H groups in total. The number of anilines is 1. The van der Waals surface area contributed by atoms with Gasteiger partial charge in [-0.25, -0.2) is 0 Å². The molecule has 2 heterocycles. The van der Waals surface area contributed by atoms with Crippen LogP contribution in [-0.2, 0) is 16.1 Å². The Bertz CT molecular complexity index is 718. The molecule has 1 aliphatic heterocycles. The molecule has 0 spiro atoms. The van der Waals surface area contributed by atoms with Gasteiger partial charge in [-0.05, 0) is 24.1 Å². The van der Waals surface area contributed by atoms with Gasteiger partial charge in [-0.3, -0.25) is 24.5 Å². The Labute approximate surface area is 133 Å². The van der Waals surface area contributed by atoms with Crippen molar-refractivity contribution in [2.24, 2.45) is 11.7 Å². The Morgan fingerprint density at radius 1 is 1.26 bits per heavy atom. The Hall–Kier alpha value is -2.73. The van der Waals surface area contributed by atoms with Gasteiger partial charge in [0.2, 0.25) is 5.91 Å². The summed E-state index contributed by atoms with van der Waals surface area (Å²) in [6.07, 6.45) is 2.24. The number of primary amides is 1. The third-order valence-electron chi connectivity index (χ3n) is 3.78. The number of Topliss-reactive ketones (excluding diaryl/α,β-unsaturated/α-hetero) is 1. The van der Waals surface area contributed by atoms with E-state index >= 15 is 0 Å². The van der Waals surface area contributed by atoms with Crippen molar-refractivity contribution in [2.45, 2.75) is 6.42 Å². The van der Waals surface area contributed by atoms with Gasteiger partial charge in [0.1, 0.15) is 11.6 Å². The first-order valence-electron chi connectivity index (χ1n) is 7.39. The number of benzene rings is 1. The maximum absolute atomic E-state index is 12.3. The van der Waals surface area contributed by atoms with E-state index < -0.39 is 11.8 Å². The summed E-state index contributed by atoms with van der Waals surface area (Å²) in [5.41, 5.74) is 7.27. The lowest BCUT2D eigenvalue weighted by Gasteiger charge is -2.32. The highest BCUT2D eigenvalue weighted by Gasteiger charge is 2.37. The van der Waals surface area contributed by atoms with E-state index in [-0.39, 0.29) is 18.0 Å². The molecule has 0 saturated carbocycles. The zero-order valence-corrected chi connectivity index (χ0v) is 12.5. The van der Waals surface area contributed by atoms with Crippen LogP contribution < -0.4 is 10.8 Å². The Kier molecular flexibility index (Phi) is 4.34. The van der Waals surface area contributed by atoms with E-state index in [0.717, 1.165) is 12.0 Å². The number of nitrogens with two attached hydrogens (primary N) is 1. The van der Waals surface area contributed by atoms with Crippen LogP contribution in [0.2, 0.25) is 0 Å². The van der Waals surface area contributed by atoms with Crippen LogP contribution in [0, 0.1) is 5.92 Å². The number of fused-ring (bicyclic) bond motifs is 1. The van der Waals surface area contributed by atoms with E-state index in [1.807, 2.05) is 30.3 Å². The predicted octanol–water partition coefficient (Wildman–Crippen LogP) is 1.36. The van der Waals surface area contributed by atoms with Crippen molar-refractivity contribution in [3.8, 4) is 0 Å². The van der Waals surface area contributed by atoms with Crippen LogP contribution in [0.25, 0.3) is 0 Å². The minimum Gasteiger partial charge on any atom is -0.369 e. The first-order chi connectivity index (χ1) is 11.2. The lowest BCUT2D eigenvalue weighted by molar-refractivity contribution is -0.120. The average Bonchev–Trinajstić information content (AvgIpc) is 2.58. The summed E-state index contributed by atoms with van der Waals surface area (Å²) in [5, 5.41) is 1.54. The predicted molar refractivity (Wildman–Crippen MR) is 84.7 cm³/mol. The zero-order chi connectivity index (χ0) is 16.2. The molecule has 2 aromatic rings. The number of carbonyl (C=O) groups excluding carboxylic acids is 2. The largest absolute Gasteiger partial charge is 0.369 e. The van der Waals surface area contributed by atoms with Crippen molar-refractivity contribution in [1.29, 1.82) is 0 Å². The van der Waals surface area contributed by atoms with Crippen molar-refractivity contribution < 1.29 is 14.4 Å². The van der Waals surface area contributed by atoms with Crippen LogP contribution >= 0.6 is 0 Å². The molecule has 6 nitrogen and oxygen atoms in total. The minimum absolute atomic E-state index is 0.113.